The number of nitrogens with zero attached hydrogens (tertiary/aromatic N) is 3. The van der Waals surface area contributed by atoms with E-state index >= 15 is 0 Å². The van der Waals surface area contributed by atoms with Crippen LogP contribution in [0, 0.1) is 0 Å². The molecule has 0 saturated carbocycles. The van der Waals surface area contributed by atoms with E-state index in [-0.39, 0.29) is 5.91 Å². The summed E-state index contributed by atoms with van der Waals surface area (Å²) in [5, 5.41) is 0. The van der Waals surface area contributed by atoms with Crippen LogP contribution < -0.4 is 4.90 Å². The number of H-pyrrole nitrogens is 1. The zero-order valence-electron chi connectivity index (χ0n) is 16.0. The number of para-hydroxylation sites is 2. The zero-order valence-corrected chi connectivity index (χ0v) is 16.8. The van der Waals surface area contributed by atoms with Gasteiger partial charge in [-0.05, 0) is 48.6 Å². The molecule has 3 aromatic rings. The van der Waals surface area contributed by atoms with Crippen molar-refractivity contribution in [1.82, 2.24) is 14.9 Å². The fourth-order valence-electron chi connectivity index (χ4n) is 3.43. The van der Waals surface area contributed by atoms with Crippen molar-refractivity contribution in [2.45, 2.75) is 11.3 Å². The van der Waals surface area contributed by atoms with E-state index in [1.807, 2.05) is 47.4 Å². The molecule has 6 heteroatoms. The number of aromatic amines is 1. The standard InChI is InChI=1S/C22H24N4OS/c1-28-18-10-7-17(8-11-18)9-12-21(27)25-13-4-14-26(16-15-25)22-23-19-5-2-3-6-20(19)24-22/h2-3,5-12H,4,13-16H2,1H3,(H,23,24)/b12-9+. The molecule has 0 radical (unpaired) electrons. The van der Waals surface area contributed by atoms with Crippen molar-refractivity contribution in [3.05, 3.63) is 60.2 Å². The smallest absolute Gasteiger partial charge is 0.246 e. The van der Waals surface area contributed by atoms with E-state index in [2.05, 4.69) is 33.3 Å². The van der Waals surface area contributed by atoms with E-state index in [1.165, 1.54) is 4.90 Å². The van der Waals surface area contributed by atoms with Crippen molar-refractivity contribution in [3.8, 4) is 0 Å². The first-order valence-electron chi connectivity index (χ1n) is 9.54. The Hall–Kier alpha value is -2.73. The molecular formula is C22H24N4OS. The molecule has 0 bridgehead atoms. The Kier molecular flexibility index (Phi) is 5.67. The summed E-state index contributed by atoms with van der Waals surface area (Å²) in [6.07, 6.45) is 6.57. The van der Waals surface area contributed by atoms with E-state index in [9.17, 15) is 4.79 Å². The molecule has 1 aromatic heterocycles. The molecule has 4 rings (SSSR count). The summed E-state index contributed by atoms with van der Waals surface area (Å²) in [7, 11) is 0. The van der Waals surface area contributed by atoms with Gasteiger partial charge in [0, 0.05) is 37.2 Å². The summed E-state index contributed by atoms with van der Waals surface area (Å²) in [6.45, 7) is 3.14. The van der Waals surface area contributed by atoms with Crippen LogP contribution in [0.4, 0.5) is 5.95 Å². The molecule has 28 heavy (non-hydrogen) atoms. The van der Waals surface area contributed by atoms with Gasteiger partial charge >= 0.3 is 0 Å². The van der Waals surface area contributed by atoms with Gasteiger partial charge in [0.1, 0.15) is 0 Å². The summed E-state index contributed by atoms with van der Waals surface area (Å²) in [5.74, 6) is 0.959. The minimum Gasteiger partial charge on any atom is -0.341 e. The summed E-state index contributed by atoms with van der Waals surface area (Å²) in [6, 6.07) is 16.3. The number of imidazole rings is 1. The summed E-state index contributed by atoms with van der Waals surface area (Å²) in [4.78, 5) is 26.1. The molecule has 0 aliphatic carbocycles. The molecule has 1 amide bonds. The number of rotatable bonds is 4. The van der Waals surface area contributed by atoms with Crippen LogP contribution in [0.3, 0.4) is 0 Å². The number of carbonyl (C=O) groups excluding carboxylic acids is 1. The first-order chi connectivity index (χ1) is 13.7. The Morgan fingerprint density at radius 1 is 1.07 bits per heavy atom. The monoisotopic (exact) mass is 392 g/mol. The van der Waals surface area contributed by atoms with Gasteiger partial charge in [0.15, 0.2) is 0 Å². The van der Waals surface area contributed by atoms with Crippen LogP contribution in [-0.4, -0.2) is 53.2 Å². The number of thioether (sulfide) groups is 1. The lowest BCUT2D eigenvalue weighted by atomic mass is 10.2. The maximum absolute atomic E-state index is 12.6. The van der Waals surface area contributed by atoms with E-state index in [0.717, 1.165) is 48.6 Å². The van der Waals surface area contributed by atoms with Gasteiger partial charge in [-0.1, -0.05) is 24.3 Å². The molecule has 0 unspecified atom stereocenters. The average molecular weight is 393 g/mol. The molecule has 1 N–H and O–H groups in total. The number of carbonyl (C=O) groups is 1. The van der Waals surface area contributed by atoms with Crippen LogP contribution >= 0.6 is 11.8 Å². The predicted molar refractivity (Wildman–Crippen MR) is 117 cm³/mol. The van der Waals surface area contributed by atoms with Gasteiger partial charge in [-0.15, -0.1) is 11.8 Å². The van der Waals surface area contributed by atoms with Gasteiger partial charge in [-0.2, -0.15) is 0 Å². The van der Waals surface area contributed by atoms with Crippen molar-refractivity contribution < 1.29 is 4.79 Å². The number of benzene rings is 2. The maximum Gasteiger partial charge on any atom is 0.246 e. The second-order valence-electron chi connectivity index (χ2n) is 6.85. The van der Waals surface area contributed by atoms with Crippen molar-refractivity contribution in [1.29, 1.82) is 0 Å². The number of hydrogen-bond acceptors (Lipinski definition) is 4. The molecular weight excluding hydrogens is 368 g/mol. The molecule has 1 fully saturated rings. The Bertz CT molecular complexity index is 947. The minimum atomic E-state index is 0.0698. The Labute approximate surface area is 169 Å². The fraction of sp³-hybridized carbons (Fsp3) is 0.273. The molecule has 0 spiro atoms. The molecule has 1 saturated heterocycles. The van der Waals surface area contributed by atoms with Gasteiger partial charge in [0.05, 0.1) is 11.0 Å². The van der Waals surface area contributed by atoms with Crippen LogP contribution in [0.25, 0.3) is 17.1 Å². The fourth-order valence-corrected chi connectivity index (χ4v) is 3.83. The van der Waals surface area contributed by atoms with Crippen LogP contribution in [0.15, 0.2) is 59.5 Å². The highest BCUT2D eigenvalue weighted by Gasteiger charge is 2.19. The van der Waals surface area contributed by atoms with Crippen LogP contribution in [0.5, 0.6) is 0 Å². The lowest BCUT2D eigenvalue weighted by Gasteiger charge is -2.20. The Balaban J connectivity index is 1.38. The molecule has 2 aromatic carbocycles. The molecule has 0 atom stereocenters. The molecule has 1 aliphatic heterocycles. The number of fused-ring (bicyclic) bond motifs is 1. The number of hydrogen-bond donors (Lipinski definition) is 1. The number of amides is 1. The third-order valence-electron chi connectivity index (χ3n) is 5.02. The summed E-state index contributed by atoms with van der Waals surface area (Å²) < 4.78 is 0. The second-order valence-corrected chi connectivity index (χ2v) is 7.73. The molecule has 144 valence electrons. The minimum absolute atomic E-state index is 0.0698. The van der Waals surface area contributed by atoms with Crippen molar-refractivity contribution in [3.63, 3.8) is 0 Å². The van der Waals surface area contributed by atoms with Gasteiger partial charge < -0.3 is 14.8 Å². The third-order valence-corrected chi connectivity index (χ3v) is 5.76. The summed E-state index contributed by atoms with van der Waals surface area (Å²) >= 11 is 1.71. The Morgan fingerprint density at radius 2 is 1.89 bits per heavy atom. The van der Waals surface area contributed by atoms with Crippen LogP contribution in [0.1, 0.15) is 12.0 Å². The SMILES string of the molecule is CSc1ccc(/C=C/C(=O)N2CCCN(c3nc4ccccc4[nH]3)CC2)cc1. The third kappa shape index (κ3) is 4.22. The van der Waals surface area contributed by atoms with E-state index < -0.39 is 0 Å². The molecule has 1 aliphatic rings. The maximum atomic E-state index is 12.6. The van der Waals surface area contributed by atoms with Crippen LogP contribution in [-0.2, 0) is 4.79 Å². The average Bonchev–Trinajstić information content (AvgIpc) is 3.01. The number of aromatic nitrogens is 2. The first kappa shape index (κ1) is 18.6. The molecule has 5 nitrogen and oxygen atoms in total. The predicted octanol–water partition coefficient (Wildman–Crippen LogP) is 4.04. The largest absolute Gasteiger partial charge is 0.341 e. The van der Waals surface area contributed by atoms with E-state index in [0.29, 0.717) is 6.54 Å². The second kappa shape index (κ2) is 8.52. The van der Waals surface area contributed by atoms with E-state index in [4.69, 9.17) is 0 Å². The van der Waals surface area contributed by atoms with Crippen molar-refractivity contribution >= 4 is 40.7 Å². The van der Waals surface area contributed by atoms with Gasteiger partial charge in [0.2, 0.25) is 11.9 Å². The van der Waals surface area contributed by atoms with Gasteiger partial charge in [-0.3, -0.25) is 4.79 Å². The van der Waals surface area contributed by atoms with Gasteiger partial charge in [-0.25, -0.2) is 4.98 Å². The van der Waals surface area contributed by atoms with Crippen LogP contribution in [0.2, 0.25) is 0 Å². The lowest BCUT2D eigenvalue weighted by Crippen LogP contribution is -2.34. The highest BCUT2D eigenvalue weighted by molar-refractivity contribution is 7.98. The quantitative estimate of drug-likeness (QED) is 0.538. The highest BCUT2D eigenvalue weighted by Crippen LogP contribution is 2.19. The zero-order chi connectivity index (χ0) is 19.3. The highest BCUT2D eigenvalue weighted by atomic mass is 32.2. The van der Waals surface area contributed by atoms with E-state index in [1.54, 1.807) is 17.8 Å². The van der Waals surface area contributed by atoms with Crippen molar-refractivity contribution in [2.75, 3.05) is 37.3 Å². The van der Waals surface area contributed by atoms with Gasteiger partial charge in [0.25, 0.3) is 0 Å². The normalized spacial score (nSPS) is 15.3. The number of anilines is 1. The first-order valence-corrected chi connectivity index (χ1v) is 10.8. The molecule has 2 heterocycles. The topological polar surface area (TPSA) is 52.2 Å². The Morgan fingerprint density at radius 3 is 2.68 bits per heavy atom. The number of nitrogens with one attached hydrogen (secondary N) is 1. The summed E-state index contributed by atoms with van der Waals surface area (Å²) in [5.41, 5.74) is 3.07. The lowest BCUT2D eigenvalue weighted by molar-refractivity contribution is -0.125. The van der Waals surface area contributed by atoms with Crippen molar-refractivity contribution in [2.24, 2.45) is 0 Å².